The number of carbonyl (C=O) groups excluding carboxylic acids is 1. The molecule has 1 aromatic rings. The van der Waals surface area contributed by atoms with Crippen LogP contribution < -0.4 is 4.74 Å². The summed E-state index contributed by atoms with van der Waals surface area (Å²) < 4.78 is 30.8. The van der Waals surface area contributed by atoms with Crippen LogP contribution in [0, 0.1) is 17.6 Å². The first-order valence-corrected chi connectivity index (χ1v) is 5.56. The van der Waals surface area contributed by atoms with Gasteiger partial charge in [0.1, 0.15) is 5.82 Å². The summed E-state index contributed by atoms with van der Waals surface area (Å²) in [5, 5.41) is 8.65. The molecule has 1 aromatic carbocycles. The number of likely N-dealkylation sites (tertiary alicyclic amines) is 1. The van der Waals surface area contributed by atoms with E-state index in [0.717, 1.165) is 12.1 Å². The predicted octanol–water partition coefficient (Wildman–Crippen LogP) is 0.887. The maximum absolute atomic E-state index is 13.2. The predicted molar refractivity (Wildman–Crippen MR) is 59.6 cm³/mol. The van der Waals surface area contributed by atoms with Crippen LogP contribution in [0.2, 0.25) is 0 Å². The molecule has 0 bridgehead atoms. The van der Waals surface area contributed by atoms with Gasteiger partial charge in [0.15, 0.2) is 18.2 Å². The second-order valence-electron chi connectivity index (χ2n) is 4.20. The van der Waals surface area contributed by atoms with Gasteiger partial charge in [0.05, 0.1) is 5.92 Å². The molecule has 1 amide bonds. The van der Waals surface area contributed by atoms with E-state index in [1.165, 1.54) is 4.90 Å². The highest BCUT2D eigenvalue weighted by atomic mass is 19.1. The van der Waals surface area contributed by atoms with Crippen LogP contribution in [0.3, 0.4) is 0 Å². The second kappa shape index (κ2) is 5.21. The van der Waals surface area contributed by atoms with E-state index in [1.807, 2.05) is 0 Å². The van der Waals surface area contributed by atoms with Gasteiger partial charge in [-0.3, -0.25) is 9.59 Å². The number of hydrogen-bond acceptors (Lipinski definition) is 3. The smallest absolute Gasteiger partial charge is 0.310 e. The third kappa shape index (κ3) is 2.98. The van der Waals surface area contributed by atoms with Crippen molar-refractivity contribution in [3.63, 3.8) is 0 Å². The largest absolute Gasteiger partial charge is 0.481 e. The molecule has 1 saturated heterocycles. The number of benzene rings is 1. The van der Waals surface area contributed by atoms with Crippen molar-refractivity contribution >= 4 is 11.9 Å². The standard InChI is InChI=1S/C12H11F2NO4/c13-8-1-2-10(9(14)3-8)19-6-11(16)15-4-7(5-15)12(17)18/h1-3,7H,4-6H2,(H,17,18). The lowest BCUT2D eigenvalue weighted by atomic mass is 10.0. The van der Waals surface area contributed by atoms with Gasteiger partial charge in [-0.05, 0) is 12.1 Å². The van der Waals surface area contributed by atoms with E-state index in [2.05, 4.69) is 0 Å². The number of halogens is 2. The first kappa shape index (κ1) is 13.3. The lowest BCUT2D eigenvalue weighted by Gasteiger charge is -2.36. The van der Waals surface area contributed by atoms with E-state index in [4.69, 9.17) is 9.84 Å². The van der Waals surface area contributed by atoms with Crippen LogP contribution in [0.4, 0.5) is 8.78 Å². The molecule has 102 valence electrons. The summed E-state index contributed by atoms with van der Waals surface area (Å²) in [4.78, 5) is 23.4. The van der Waals surface area contributed by atoms with Crippen molar-refractivity contribution in [1.82, 2.24) is 4.90 Å². The van der Waals surface area contributed by atoms with Crippen molar-refractivity contribution < 1.29 is 28.2 Å². The fourth-order valence-electron chi connectivity index (χ4n) is 1.66. The van der Waals surface area contributed by atoms with E-state index in [1.54, 1.807) is 0 Å². The molecule has 0 aromatic heterocycles. The van der Waals surface area contributed by atoms with Crippen molar-refractivity contribution in [1.29, 1.82) is 0 Å². The highest BCUT2D eigenvalue weighted by Gasteiger charge is 2.35. The van der Waals surface area contributed by atoms with Crippen LogP contribution in [-0.4, -0.2) is 41.6 Å². The van der Waals surface area contributed by atoms with Gasteiger partial charge in [0.25, 0.3) is 5.91 Å². The molecule has 2 rings (SSSR count). The van der Waals surface area contributed by atoms with Gasteiger partial charge in [0.2, 0.25) is 0 Å². The normalized spacial score (nSPS) is 14.9. The molecule has 1 fully saturated rings. The summed E-state index contributed by atoms with van der Waals surface area (Å²) in [7, 11) is 0. The summed E-state index contributed by atoms with van der Waals surface area (Å²) in [5.74, 6) is -3.77. The number of carbonyl (C=O) groups is 2. The Labute approximate surface area is 107 Å². The van der Waals surface area contributed by atoms with Crippen molar-refractivity contribution in [2.45, 2.75) is 0 Å². The molecule has 0 atom stereocenters. The summed E-state index contributed by atoms with van der Waals surface area (Å²) in [6.45, 7) is -0.151. The van der Waals surface area contributed by atoms with Crippen LogP contribution in [0.25, 0.3) is 0 Å². The molecule has 1 aliphatic heterocycles. The van der Waals surface area contributed by atoms with Crippen molar-refractivity contribution in [2.75, 3.05) is 19.7 Å². The van der Waals surface area contributed by atoms with Gasteiger partial charge in [-0.15, -0.1) is 0 Å². The van der Waals surface area contributed by atoms with E-state index in [-0.39, 0.29) is 18.8 Å². The van der Waals surface area contributed by atoms with E-state index in [9.17, 15) is 18.4 Å². The highest BCUT2D eigenvalue weighted by Crippen LogP contribution is 2.19. The van der Waals surface area contributed by atoms with Crippen LogP contribution >= 0.6 is 0 Å². The van der Waals surface area contributed by atoms with Gasteiger partial charge < -0.3 is 14.7 Å². The van der Waals surface area contributed by atoms with Crippen LogP contribution in [0.5, 0.6) is 5.75 Å². The van der Waals surface area contributed by atoms with Crippen molar-refractivity contribution in [3.8, 4) is 5.75 Å². The van der Waals surface area contributed by atoms with Crippen LogP contribution in [0.1, 0.15) is 0 Å². The number of carboxylic acids is 1. The van der Waals surface area contributed by atoms with Crippen LogP contribution in [0.15, 0.2) is 18.2 Å². The monoisotopic (exact) mass is 271 g/mol. The molecule has 1 heterocycles. The van der Waals surface area contributed by atoms with Gasteiger partial charge >= 0.3 is 5.97 Å². The van der Waals surface area contributed by atoms with Crippen LogP contribution in [-0.2, 0) is 9.59 Å². The number of amides is 1. The SMILES string of the molecule is O=C(O)C1CN(C(=O)COc2ccc(F)cc2F)C1. The maximum atomic E-state index is 13.2. The third-order valence-electron chi connectivity index (χ3n) is 2.83. The molecule has 19 heavy (non-hydrogen) atoms. The zero-order chi connectivity index (χ0) is 14.0. The molecular formula is C12H11F2NO4. The molecule has 1 aliphatic rings. The number of nitrogens with zero attached hydrogens (tertiary/aromatic N) is 1. The Morgan fingerprint density at radius 2 is 2.05 bits per heavy atom. The maximum Gasteiger partial charge on any atom is 0.310 e. The topological polar surface area (TPSA) is 66.8 Å². The third-order valence-corrected chi connectivity index (χ3v) is 2.83. The number of aliphatic carboxylic acids is 1. The van der Waals surface area contributed by atoms with E-state index in [0.29, 0.717) is 6.07 Å². The van der Waals surface area contributed by atoms with Gasteiger partial charge in [0, 0.05) is 19.2 Å². The Kier molecular flexibility index (Phi) is 3.64. The van der Waals surface area contributed by atoms with E-state index >= 15 is 0 Å². The quantitative estimate of drug-likeness (QED) is 0.883. The number of carboxylic acid groups (broad SMARTS) is 1. The van der Waals surface area contributed by atoms with Crippen molar-refractivity contribution in [2.24, 2.45) is 5.92 Å². The van der Waals surface area contributed by atoms with E-state index < -0.39 is 36.0 Å². The average Bonchev–Trinajstić information content (AvgIpc) is 2.25. The molecule has 0 saturated carbocycles. The molecular weight excluding hydrogens is 260 g/mol. The number of rotatable bonds is 4. The Morgan fingerprint density at radius 1 is 1.37 bits per heavy atom. The van der Waals surface area contributed by atoms with Gasteiger partial charge in [-0.25, -0.2) is 8.78 Å². The molecule has 0 unspecified atom stereocenters. The Bertz CT molecular complexity index is 514. The highest BCUT2D eigenvalue weighted by molar-refractivity contribution is 5.82. The number of hydrogen-bond donors (Lipinski definition) is 1. The molecule has 0 aliphatic carbocycles. The van der Waals surface area contributed by atoms with Gasteiger partial charge in [-0.1, -0.05) is 0 Å². The molecule has 1 N–H and O–H groups in total. The Balaban J connectivity index is 1.83. The minimum atomic E-state index is -0.949. The lowest BCUT2D eigenvalue weighted by molar-refractivity contribution is -0.153. The fourth-order valence-corrected chi connectivity index (χ4v) is 1.66. The Hall–Kier alpha value is -2.18. The molecule has 7 heteroatoms. The minimum Gasteiger partial charge on any atom is -0.481 e. The zero-order valence-electron chi connectivity index (χ0n) is 9.81. The number of ether oxygens (including phenoxy) is 1. The molecule has 5 nitrogen and oxygen atoms in total. The Morgan fingerprint density at radius 3 is 2.63 bits per heavy atom. The summed E-state index contributed by atoms with van der Waals surface area (Å²) in [6, 6.07) is 2.77. The summed E-state index contributed by atoms with van der Waals surface area (Å²) in [6.07, 6.45) is 0. The first-order valence-electron chi connectivity index (χ1n) is 5.56. The zero-order valence-corrected chi connectivity index (χ0v) is 9.81. The van der Waals surface area contributed by atoms with Crippen molar-refractivity contribution in [3.05, 3.63) is 29.8 Å². The molecule has 0 radical (unpaired) electrons. The minimum absolute atomic E-state index is 0.128. The molecule has 0 spiro atoms. The first-order chi connectivity index (χ1) is 8.97. The van der Waals surface area contributed by atoms with Gasteiger partial charge in [-0.2, -0.15) is 0 Å². The summed E-state index contributed by atoms with van der Waals surface area (Å²) in [5.41, 5.74) is 0. The summed E-state index contributed by atoms with van der Waals surface area (Å²) >= 11 is 0. The second-order valence-corrected chi connectivity index (χ2v) is 4.20. The average molecular weight is 271 g/mol. The fraction of sp³-hybridized carbons (Fsp3) is 0.333. The lowest BCUT2D eigenvalue weighted by Crippen LogP contribution is -2.54.